The van der Waals surface area contributed by atoms with Crippen molar-refractivity contribution in [3.63, 3.8) is 0 Å². The minimum atomic E-state index is -0.716. The molecule has 0 aliphatic carbocycles. The number of carbonyl (C=O) groups excluding carboxylic acids is 1. The van der Waals surface area contributed by atoms with Crippen molar-refractivity contribution in [1.29, 1.82) is 0 Å². The van der Waals surface area contributed by atoms with E-state index < -0.39 is 23.1 Å². The lowest BCUT2D eigenvalue weighted by molar-refractivity contribution is 0.0353. The minimum Gasteiger partial charge on any atom is -0.450 e. The van der Waals surface area contributed by atoms with E-state index in [9.17, 15) is 18.4 Å². The molecule has 0 bridgehead atoms. The Labute approximate surface area is 183 Å². The van der Waals surface area contributed by atoms with Gasteiger partial charge < -0.3 is 14.1 Å². The van der Waals surface area contributed by atoms with Crippen LogP contribution in [0.4, 0.5) is 8.78 Å². The summed E-state index contributed by atoms with van der Waals surface area (Å²) in [6.07, 6.45) is 0.694. The number of nitrogens with zero attached hydrogens (tertiary/aromatic N) is 2. The fourth-order valence-electron chi connectivity index (χ4n) is 4.50. The van der Waals surface area contributed by atoms with Crippen LogP contribution in [0.25, 0.3) is 11.0 Å². The van der Waals surface area contributed by atoms with E-state index in [0.717, 1.165) is 25.7 Å². The van der Waals surface area contributed by atoms with Crippen molar-refractivity contribution < 1.29 is 22.7 Å². The molecule has 0 N–H and O–H groups in total. The molecule has 6 nitrogen and oxygen atoms in total. The predicted molar refractivity (Wildman–Crippen MR) is 114 cm³/mol. The molecular weight excluding hydrogens is 418 g/mol. The molecule has 3 heterocycles. The van der Waals surface area contributed by atoms with Crippen LogP contribution < -0.4 is 5.43 Å². The Kier molecular flexibility index (Phi) is 5.48. The lowest BCUT2D eigenvalue weighted by Crippen LogP contribution is -2.38. The summed E-state index contributed by atoms with van der Waals surface area (Å²) in [5, 5.41) is 0.0822. The maximum absolute atomic E-state index is 13.8. The summed E-state index contributed by atoms with van der Waals surface area (Å²) >= 11 is 0. The lowest BCUT2D eigenvalue weighted by atomic mass is 9.98. The number of hydrogen-bond donors (Lipinski definition) is 0. The van der Waals surface area contributed by atoms with Crippen molar-refractivity contribution in [3.8, 4) is 0 Å². The van der Waals surface area contributed by atoms with Gasteiger partial charge in [0.25, 0.3) is 5.91 Å². The Bertz CT molecular complexity index is 1220. The molecule has 0 radical (unpaired) electrons. The molecule has 0 spiro atoms. The Hall–Kier alpha value is -3.10. The van der Waals surface area contributed by atoms with Gasteiger partial charge in [-0.1, -0.05) is 12.1 Å². The van der Waals surface area contributed by atoms with Crippen LogP contribution in [0, 0.1) is 11.6 Å². The van der Waals surface area contributed by atoms with Gasteiger partial charge in [-0.2, -0.15) is 0 Å². The van der Waals surface area contributed by atoms with E-state index in [1.807, 2.05) is 0 Å². The highest BCUT2D eigenvalue weighted by molar-refractivity contribution is 5.99. The molecule has 1 fully saturated rings. The summed E-state index contributed by atoms with van der Waals surface area (Å²) in [5.74, 6) is -1.39. The number of fused-ring (bicyclic) bond motifs is 2. The van der Waals surface area contributed by atoms with Crippen molar-refractivity contribution >= 4 is 16.9 Å². The van der Waals surface area contributed by atoms with Crippen LogP contribution in [0.5, 0.6) is 0 Å². The number of hydrogen-bond acceptors (Lipinski definition) is 5. The Morgan fingerprint density at radius 2 is 1.66 bits per heavy atom. The largest absolute Gasteiger partial charge is 0.450 e. The molecule has 0 unspecified atom stereocenters. The zero-order chi connectivity index (χ0) is 22.2. The van der Waals surface area contributed by atoms with Gasteiger partial charge in [0.15, 0.2) is 5.43 Å². The average Bonchev–Trinajstić information content (AvgIpc) is 3.08. The SMILES string of the molecule is O=C1c2oc3ccc(F)cc3c(=O)c2[C@H](c2ccc(F)cc2)N1CCCN1CCOCC1. The number of ether oxygens (including phenoxy) is 1. The quantitative estimate of drug-likeness (QED) is 0.609. The molecule has 5 rings (SSSR count). The Balaban J connectivity index is 1.53. The topological polar surface area (TPSA) is 63.0 Å². The van der Waals surface area contributed by atoms with E-state index in [0.29, 0.717) is 31.7 Å². The first-order chi connectivity index (χ1) is 15.5. The Morgan fingerprint density at radius 3 is 2.41 bits per heavy atom. The first-order valence-corrected chi connectivity index (χ1v) is 10.7. The summed E-state index contributed by atoms with van der Waals surface area (Å²) in [6.45, 7) is 4.24. The van der Waals surface area contributed by atoms with Gasteiger partial charge in [0, 0.05) is 26.2 Å². The first kappa shape index (κ1) is 20.8. The van der Waals surface area contributed by atoms with Gasteiger partial charge in [-0.15, -0.1) is 0 Å². The third kappa shape index (κ3) is 3.69. The maximum atomic E-state index is 13.8. The van der Waals surface area contributed by atoms with Gasteiger partial charge in [-0.25, -0.2) is 8.78 Å². The summed E-state index contributed by atoms with van der Waals surface area (Å²) in [5.41, 5.74) is 0.495. The molecule has 1 aromatic heterocycles. The van der Waals surface area contributed by atoms with Crippen LogP contribution in [0.3, 0.4) is 0 Å². The Morgan fingerprint density at radius 1 is 0.938 bits per heavy atom. The molecule has 8 heteroatoms. The standard InChI is InChI=1S/C24H22F2N2O4/c25-16-4-2-15(3-5-16)21-20-22(29)18-14-17(26)6-7-19(18)32-23(20)24(30)28(21)9-1-8-27-10-12-31-13-11-27/h2-7,14,21H,1,8-13H2/t21-/m0/s1. The number of benzene rings is 2. The number of rotatable bonds is 5. The first-order valence-electron chi connectivity index (χ1n) is 10.7. The summed E-state index contributed by atoms with van der Waals surface area (Å²) in [4.78, 5) is 30.5. The number of amides is 1. The van der Waals surface area contributed by atoms with E-state index in [4.69, 9.17) is 9.15 Å². The van der Waals surface area contributed by atoms with Crippen LogP contribution in [0.15, 0.2) is 51.7 Å². The number of morpholine rings is 1. The molecule has 32 heavy (non-hydrogen) atoms. The number of carbonyl (C=O) groups is 1. The van der Waals surface area contributed by atoms with Gasteiger partial charge in [-0.3, -0.25) is 14.5 Å². The monoisotopic (exact) mass is 440 g/mol. The molecule has 2 aromatic carbocycles. The molecule has 2 aliphatic rings. The second-order valence-electron chi connectivity index (χ2n) is 8.07. The van der Waals surface area contributed by atoms with Crippen LogP contribution in [-0.2, 0) is 4.74 Å². The minimum absolute atomic E-state index is 0.0326. The maximum Gasteiger partial charge on any atom is 0.290 e. The molecule has 0 saturated carbocycles. The number of halogens is 2. The highest BCUT2D eigenvalue weighted by Gasteiger charge is 2.42. The van der Waals surface area contributed by atoms with Gasteiger partial charge >= 0.3 is 0 Å². The molecule has 1 amide bonds. The van der Waals surface area contributed by atoms with E-state index in [1.165, 1.54) is 24.3 Å². The molecule has 1 saturated heterocycles. The third-order valence-corrected chi connectivity index (χ3v) is 6.09. The van der Waals surface area contributed by atoms with Crippen LogP contribution in [0.1, 0.15) is 34.1 Å². The molecule has 2 aliphatic heterocycles. The average molecular weight is 440 g/mol. The van der Waals surface area contributed by atoms with Gasteiger partial charge in [-0.05, 0) is 42.3 Å². The fourth-order valence-corrected chi connectivity index (χ4v) is 4.50. The summed E-state index contributed by atoms with van der Waals surface area (Å²) in [7, 11) is 0. The normalized spacial score (nSPS) is 19.0. The second kappa shape index (κ2) is 8.44. The third-order valence-electron chi connectivity index (χ3n) is 6.09. The smallest absolute Gasteiger partial charge is 0.290 e. The van der Waals surface area contributed by atoms with Crippen molar-refractivity contribution in [1.82, 2.24) is 9.80 Å². The predicted octanol–water partition coefficient (Wildman–Crippen LogP) is 3.34. The van der Waals surface area contributed by atoms with Gasteiger partial charge in [0.1, 0.15) is 17.2 Å². The molecule has 166 valence electrons. The summed E-state index contributed by atoms with van der Waals surface area (Å²) in [6, 6.07) is 8.67. The fraction of sp³-hybridized carbons (Fsp3) is 0.333. The zero-order valence-corrected chi connectivity index (χ0v) is 17.4. The van der Waals surface area contributed by atoms with E-state index in [2.05, 4.69) is 4.90 Å². The van der Waals surface area contributed by atoms with Gasteiger partial charge in [0.05, 0.1) is 30.2 Å². The van der Waals surface area contributed by atoms with Gasteiger partial charge in [0.2, 0.25) is 5.76 Å². The van der Waals surface area contributed by atoms with E-state index in [1.54, 1.807) is 17.0 Å². The van der Waals surface area contributed by atoms with E-state index >= 15 is 0 Å². The second-order valence-corrected chi connectivity index (χ2v) is 8.07. The molecular formula is C24H22F2N2O4. The van der Waals surface area contributed by atoms with Crippen molar-refractivity contribution in [3.05, 3.63) is 81.2 Å². The van der Waals surface area contributed by atoms with Crippen LogP contribution in [-0.4, -0.2) is 55.1 Å². The highest BCUT2D eigenvalue weighted by atomic mass is 19.1. The molecule has 1 atom stereocenters. The zero-order valence-electron chi connectivity index (χ0n) is 17.4. The van der Waals surface area contributed by atoms with E-state index in [-0.39, 0.29) is 28.2 Å². The lowest BCUT2D eigenvalue weighted by Gasteiger charge is -2.29. The van der Waals surface area contributed by atoms with Crippen molar-refractivity contribution in [2.24, 2.45) is 0 Å². The van der Waals surface area contributed by atoms with Crippen molar-refractivity contribution in [2.45, 2.75) is 12.5 Å². The highest BCUT2D eigenvalue weighted by Crippen LogP contribution is 2.38. The van der Waals surface area contributed by atoms with Crippen LogP contribution in [0.2, 0.25) is 0 Å². The van der Waals surface area contributed by atoms with Crippen LogP contribution >= 0.6 is 0 Å². The summed E-state index contributed by atoms with van der Waals surface area (Å²) < 4.78 is 38.5. The van der Waals surface area contributed by atoms with Crippen molar-refractivity contribution in [2.75, 3.05) is 39.4 Å². The molecule has 3 aromatic rings.